The van der Waals surface area contributed by atoms with E-state index in [4.69, 9.17) is 9.98 Å². The Balaban J connectivity index is 1.09. The highest BCUT2D eigenvalue weighted by Gasteiger charge is 2.32. The Morgan fingerprint density at radius 3 is 1.75 bits per heavy atom. The molecule has 0 amide bonds. The molecule has 0 fully saturated rings. The summed E-state index contributed by atoms with van der Waals surface area (Å²) < 4.78 is 5.01. The molecule has 2 aromatic heterocycles. The van der Waals surface area contributed by atoms with Crippen LogP contribution < -0.4 is 5.32 Å². The zero-order valence-corrected chi connectivity index (χ0v) is 31.9. The molecule has 3 heterocycles. The van der Waals surface area contributed by atoms with Gasteiger partial charge in [-0.2, -0.15) is 0 Å². The molecule has 1 aliphatic heterocycles. The topological polar surface area (TPSA) is 41.7 Å². The third-order valence-electron chi connectivity index (χ3n) is 11.8. The van der Waals surface area contributed by atoms with Gasteiger partial charge >= 0.3 is 0 Å². The molecular weight excluding hydrogens is 713 g/mol. The molecule has 9 aromatic carbocycles. The van der Waals surface area contributed by atoms with E-state index in [1.165, 1.54) is 80.0 Å². The largest absolute Gasteiger partial charge is 0.324 e. The number of nitrogens with one attached hydrogen (secondary N) is 1. The summed E-state index contributed by atoms with van der Waals surface area (Å²) in [6.45, 7) is 2.13. The Labute approximate surface area is 332 Å². The van der Waals surface area contributed by atoms with E-state index in [1.54, 1.807) is 0 Å². The molecule has 11 aromatic rings. The Morgan fingerprint density at radius 2 is 1.04 bits per heavy atom. The first kappa shape index (κ1) is 32.2. The molecule has 1 N–H and O–H groups in total. The lowest BCUT2D eigenvalue weighted by Crippen LogP contribution is -2.40. The van der Waals surface area contributed by atoms with Crippen molar-refractivity contribution in [3.05, 3.63) is 199 Å². The molecule has 0 aliphatic carbocycles. The van der Waals surface area contributed by atoms with Crippen LogP contribution in [0.1, 0.15) is 23.6 Å². The van der Waals surface area contributed by atoms with E-state index in [9.17, 15) is 0 Å². The van der Waals surface area contributed by atoms with Crippen LogP contribution in [0.3, 0.4) is 0 Å². The number of benzene rings is 9. The maximum Gasteiger partial charge on any atom is 0.177 e. The Morgan fingerprint density at radius 1 is 0.456 bits per heavy atom. The molecule has 0 spiro atoms. The summed E-state index contributed by atoms with van der Waals surface area (Å²) in [7, 11) is 0. The van der Waals surface area contributed by atoms with E-state index in [2.05, 4.69) is 193 Å². The second kappa shape index (κ2) is 12.2. The van der Waals surface area contributed by atoms with Gasteiger partial charge in [0.1, 0.15) is 11.7 Å². The Kier molecular flexibility index (Phi) is 6.90. The van der Waals surface area contributed by atoms with E-state index in [0.717, 1.165) is 28.4 Å². The summed E-state index contributed by atoms with van der Waals surface area (Å²) in [4.78, 5) is 10.8. The summed E-state index contributed by atoms with van der Waals surface area (Å²) in [5.74, 6) is 1.61. The van der Waals surface area contributed by atoms with Crippen LogP contribution in [0.4, 0.5) is 0 Å². The molecule has 0 saturated heterocycles. The van der Waals surface area contributed by atoms with Crippen molar-refractivity contribution in [2.75, 3.05) is 0 Å². The Bertz CT molecular complexity index is 3420. The molecule has 12 rings (SSSR count). The second-order valence-electron chi connectivity index (χ2n) is 15.2. The minimum absolute atomic E-state index is 0.806. The molecule has 0 saturated carbocycles. The SMILES string of the molecule is CC1(c2ccc3c(c2)sc2c(-n4c5c6ccccc6ccc5c5ccc6ccccc6c54)cccc23)N=C(c2ccccc2)NC(c2ccc3ccccc3c2)=N1. The number of nitrogens with zero attached hydrogens (tertiary/aromatic N) is 3. The lowest BCUT2D eigenvalue weighted by molar-refractivity contribution is 0.519. The van der Waals surface area contributed by atoms with Gasteiger partial charge in [-0.3, -0.25) is 0 Å². The summed E-state index contributed by atoms with van der Waals surface area (Å²) in [5.41, 5.74) is 5.91. The average Bonchev–Trinajstić information content (AvgIpc) is 3.82. The van der Waals surface area contributed by atoms with E-state index in [0.29, 0.717) is 0 Å². The normalized spacial score (nSPS) is 15.9. The first-order valence-corrected chi connectivity index (χ1v) is 20.2. The van der Waals surface area contributed by atoms with Gasteiger partial charge in [0.15, 0.2) is 5.66 Å². The number of aromatic nitrogens is 1. The maximum absolute atomic E-state index is 5.40. The molecule has 1 unspecified atom stereocenters. The lowest BCUT2D eigenvalue weighted by atomic mass is 9.98. The fourth-order valence-electron chi connectivity index (χ4n) is 9.00. The molecule has 1 aliphatic rings. The molecule has 57 heavy (non-hydrogen) atoms. The monoisotopic (exact) mass is 746 g/mol. The number of fused-ring (bicyclic) bond motifs is 11. The van der Waals surface area contributed by atoms with Crippen molar-refractivity contribution in [2.24, 2.45) is 9.98 Å². The van der Waals surface area contributed by atoms with Gasteiger partial charge in [-0.05, 0) is 46.7 Å². The van der Waals surface area contributed by atoms with Crippen molar-refractivity contribution in [3.63, 3.8) is 0 Å². The summed E-state index contributed by atoms with van der Waals surface area (Å²) in [6.07, 6.45) is 0. The van der Waals surface area contributed by atoms with Gasteiger partial charge in [0.2, 0.25) is 0 Å². The van der Waals surface area contributed by atoms with Crippen molar-refractivity contribution >= 4 is 97.3 Å². The van der Waals surface area contributed by atoms with Crippen molar-refractivity contribution < 1.29 is 0 Å². The van der Waals surface area contributed by atoms with Crippen LogP contribution in [0.5, 0.6) is 0 Å². The van der Waals surface area contributed by atoms with Gasteiger partial charge in [0.25, 0.3) is 0 Å². The maximum atomic E-state index is 5.40. The van der Waals surface area contributed by atoms with Gasteiger partial charge in [-0.15, -0.1) is 11.3 Å². The van der Waals surface area contributed by atoms with Crippen LogP contribution in [-0.4, -0.2) is 16.2 Å². The van der Waals surface area contributed by atoms with E-state index in [1.807, 2.05) is 17.4 Å². The van der Waals surface area contributed by atoms with Crippen LogP contribution in [0.25, 0.3) is 80.0 Å². The van der Waals surface area contributed by atoms with Crippen LogP contribution >= 0.6 is 11.3 Å². The number of rotatable bonds is 4. The van der Waals surface area contributed by atoms with E-state index in [-0.39, 0.29) is 0 Å². The van der Waals surface area contributed by atoms with Gasteiger partial charge in [0, 0.05) is 53.7 Å². The summed E-state index contributed by atoms with van der Waals surface area (Å²) >= 11 is 1.85. The molecule has 0 bridgehead atoms. The minimum atomic E-state index is -0.866. The van der Waals surface area contributed by atoms with Crippen molar-refractivity contribution in [1.82, 2.24) is 9.88 Å². The highest BCUT2D eigenvalue weighted by molar-refractivity contribution is 7.26. The molecule has 1 atom stereocenters. The van der Waals surface area contributed by atoms with Crippen molar-refractivity contribution in [1.29, 1.82) is 0 Å². The van der Waals surface area contributed by atoms with E-state index < -0.39 is 5.66 Å². The average molecular weight is 747 g/mol. The van der Waals surface area contributed by atoms with Crippen LogP contribution in [0, 0.1) is 0 Å². The Hall–Kier alpha value is -7.08. The van der Waals surface area contributed by atoms with Crippen molar-refractivity contribution in [3.8, 4) is 5.69 Å². The van der Waals surface area contributed by atoms with Crippen LogP contribution in [0.2, 0.25) is 0 Å². The number of hydrogen-bond donors (Lipinski definition) is 1. The molecule has 4 nitrogen and oxygen atoms in total. The molecule has 5 heteroatoms. The van der Waals surface area contributed by atoms with Gasteiger partial charge in [-0.1, -0.05) is 164 Å². The van der Waals surface area contributed by atoms with Gasteiger partial charge in [-0.25, -0.2) is 9.98 Å². The molecular formula is C52H34N4S. The fraction of sp³-hybridized carbons (Fsp3) is 0.0385. The highest BCUT2D eigenvalue weighted by Crippen LogP contribution is 2.45. The zero-order valence-electron chi connectivity index (χ0n) is 31.1. The van der Waals surface area contributed by atoms with E-state index >= 15 is 0 Å². The number of hydrogen-bond acceptors (Lipinski definition) is 4. The summed E-state index contributed by atoms with van der Waals surface area (Å²) in [6, 6.07) is 65.7. The molecule has 0 radical (unpaired) electrons. The number of aliphatic imine (C=N–C) groups is 2. The summed E-state index contributed by atoms with van der Waals surface area (Å²) in [5, 5.41) is 16.0. The predicted octanol–water partition coefficient (Wildman–Crippen LogP) is 13.3. The lowest BCUT2D eigenvalue weighted by Gasteiger charge is -2.30. The minimum Gasteiger partial charge on any atom is -0.324 e. The van der Waals surface area contributed by atoms with Gasteiger partial charge in [0.05, 0.1) is 21.4 Å². The van der Waals surface area contributed by atoms with Gasteiger partial charge < -0.3 is 9.88 Å². The zero-order chi connectivity index (χ0) is 37.7. The smallest absolute Gasteiger partial charge is 0.177 e. The third kappa shape index (κ3) is 4.92. The first-order valence-electron chi connectivity index (χ1n) is 19.4. The predicted molar refractivity (Wildman–Crippen MR) is 243 cm³/mol. The quantitative estimate of drug-likeness (QED) is 0.191. The third-order valence-corrected chi connectivity index (χ3v) is 13.0. The fourth-order valence-corrected chi connectivity index (χ4v) is 10.2. The van der Waals surface area contributed by atoms with Crippen LogP contribution in [-0.2, 0) is 5.66 Å². The standard InChI is InChI=1S/C52H34N4S/c1-52(54-50(35-15-3-2-4-16-35)53-51(55-52)37-23-22-32-12-5-6-17-36(32)30-37)38-26-29-41-44-20-11-21-45(49(44)57-46(41)31-38)56-47-39-18-9-7-13-33(39)24-27-42(47)43-28-25-34-14-8-10-19-40(34)48(43)56/h2-31H,1H3,(H,53,54,55). The van der Waals surface area contributed by atoms with Crippen molar-refractivity contribution in [2.45, 2.75) is 12.6 Å². The van der Waals surface area contributed by atoms with Crippen LogP contribution in [0.15, 0.2) is 192 Å². The number of thiophene rings is 1. The highest BCUT2D eigenvalue weighted by atomic mass is 32.1. The first-order chi connectivity index (χ1) is 28.1. The number of amidine groups is 2. The molecule has 268 valence electrons. The second-order valence-corrected chi connectivity index (χ2v) is 16.2.